The number of methoxy groups -OCH3 is 1. The Morgan fingerprint density at radius 1 is 1.22 bits per heavy atom. The van der Waals surface area contributed by atoms with Gasteiger partial charge in [-0.2, -0.15) is 9.30 Å². The average molecular weight is 533 g/mol. The molecule has 190 valence electrons. The van der Waals surface area contributed by atoms with Crippen LogP contribution in [-0.2, 0) is 26.1 Å². The maximum absolute atomic E-state index is 13.0. The minimum absolute atomic E-state index is 0.100. The number of fused-ring (bicyclic) bond motifs is 1. The van der Waals surface area contributed by atoms with Crippen LogP contribution in [0.25, 0.3) is 10.2 Å². The van der Waals surface area contributed by atoms with Crippen LogP contribution in [0, 0.1) is 16.0 Å². The number of rotatable bonds is 6. The summed E-state index contributed by atoms with van der Waals surface area (Å²) in [6, 6.07) is 9.72. The lowest BCUT2D eigenvalue weighted by Crippen LogP contribution is -2.39. The molecular weight excluding hydrogens is 508 g/mol. The van der Waals surface area contributed by atoms with Gasteiger partial charge >= 0.3 is 5.97 Å². The zero-order chi connectivity index (χ0) is 26.0. The standard InChI is InChI=1S/C23H24N4O7S2/c1-15-4-3-11-25(13-15)36(32,33)18-8-5-16(6-9-18)22(29)24-23-26(14-21(28)34-2)19-12-17(27(30)31)7-10-20(19)35-23/h5-10,12,15H,3-4,11,13-14H2,1-2H3. The van der Waals surface area contributed by atoms with E-state index in [0.29, 0.717) is 23.3 Å². The van der Waals surface area contributed by atoms with Crippen molar-refractivity contribution >= 4 is 49.1 Å². The highest BCUT2D eigenvalue weighted by molar-refractivity contribution is 7.89. The summed E-state index contributed by atoms with van der Waals surface area (Å²) >= 11 is 1.09. The van der Waals surface area contributed by atoms with Crippen molar-refractivity contribution < 1.29 is 27.7 Å². The Hall–Kier alpha value is -3.42. The Labute approximate surface area is 210 Å². The van der Waals surface area contributed by atoms with E-state index in [9.17, 15) is 28.1 Å². The Balaban J connectivity index is 1.68. The number of piperidine rings is 1. The molecule has 36 heavy (non-hydrogen) atoms. The van der Waals surface area contributed by atoms with E-state index in [2.05, 4.69) is 4.99 Å². The van der Waals surface area contributed by atoms with E-state index in [4.69, 9.17) is 4.74 Å². The number of carbonyl (C=O) groups excluding carboxylic acids is 2. The van der Waals surface area contributed by atoms with Gasteiger partial charge in [-0.1, -0.05) is 18.3 Å². The number of nitro groups is 1. The number of nitrogens with zero attached hydrogens (tertiary/aromatic N) is 4. The Kier molecular flexibility index (Phi) is 7.33. The molecule has 1 fully saturated rings. The molecule has 2 heterocycles. The van der Waals surface area contributed by atoms with Crippen molar-refractivity contribution in [1.82, 2.24) is 8.87 Å². The predicted molar refractivity (Wildman–Crippen MR) is 132 cm³/mol. The summed E-state index contributed by atoms with van der Waals surface area (Å²) in [4.78, 5) is 39.9. The predicted octanol–water partition coefficient (Wildman–Crippen LogP) is 2.95. The summed E-state index contributed by atoms with van der Waals surface area (Å²) in [5.41, 5.74) is 0.356. The van der Waals surface area contributed by atoms with Crippen LogP contribution in [0.1, 0.15) is 30.1 Å². The number of aromatic nitrogens is 1. The van der Waals surface area contributed by atoms with Crippen LogP contribution in [0.3, 0.4) is 0 Å². The van der Waals surface area contributed by atoms with Crippen LogP contribution in [0.2, 0.25) is 0 Å². The highest BCUT2D eigenvalue weighted by Gasteiger charge is 2.28. The van der Waals surface area contributed by atoms with Crippen LogP contribution >= 0.6 is 11.3 Å². The molecule has 0 saturated carbocycles. The first kappa shape index (κ1) is 25.7. The maximum Gasteiger partial charge on any atom is 0.325 e. The number of sulfonamides is 1. The van der Waals surface area contributed by atoms with E-state index in [1.165, 1.54) is 58.4 Å². The number of hydrogen-bond donors (Lipinski definition) is 0. The van der Waals surface area contributed by atoms with Gasteiger partial charge in [0.2, 0.25) is 10.0 Å². The van der Waals surface area contributed by atoms with Crippen molar-refractivity contribution in [2.45, 2.75) is 31.2 Å². The first-order valence-electron chi connectivity index (χ1n) is 11.1. The van der Waals surface area contributed by atoms with E-state index in [1.54, 1.807) is 0 Å². The van der Waals surface area contributed by atoms with E-state index in [0.717, 1.165) is 24.2 Å². The summed E-state index contributed by atoms with van der Waals surface area (Å²) in [7, 11) is -2.45. The van der Waals surface area contributed by atoms with Crippen LogP contribution < -0.4 is 4.80 Å². The molecule has 1 aromatic heterocycles. The Morgan fingerprint density at radius 3 is 2.58 bits per heavy atom. The fourth-order valence-corrected chi connectivity index (χ4v) is 6.64. The third kappa shape index (κ3) is 5.22. The fraction of sp³-hybridized carbons (Fsp3) is 0.348. The minimum atomic E-state index is -3.66. The molecule has 3 aromatic rings. The van der Waals surface area contributed by atoms with Crippen LogP contribution in [0.15, 0.2) is 52.4 Å². The zero-order valence-corrected chi connectivity index (χ0v) is 21.3. The molecule has 1 aliphatic heterocycles. The van der Waals surface area contributed by atoms with Crippen molar-refractivity contribution in [3.8, 4) is 0 Å². The maximum atomic E-state index is 13.0. The molecule has 0 spiro atoms. The number of esters is 1. The molecule has 13 heteroatoms. The van der Waals surface area contributed by atoms with Gasteiger partial charge in [0.1, 0.15) is 6.54 Å². The number of amides is 1. The summed E-state index contributed by atoms with van der Waals surface area (Å²) < 4.78 is 34.1. The number of non-ortho nitro benzene ring substituents is 1. The van der Waals surface area contributed by atoms with Crippen molar-refractivity contribution in [2.75, 3.05) is 20.2 Å². The second-order valence-electron chi connectivity index (χ2n) is 8.51. The summed E-state index contributed by atoms with van der Waals surface area (Å²) in [6.45, 7) is 2.65. The third-order valence-electron chi connectivity index (χ3n) is 5.95. The number of ether oxygens (including phenoxy) is 1. The molecule has 1 aliphatic rings. The van der Waals surface area contributed by atoms with Gasteiger partial charge in [0.15, 0.2) is 4.80 Å². The SMILES string of the molecule is COC(=O)Cn1c(=NC(=O)c2ccc(S(=O)(=O)N3CCCC(C)C3)cc2)sc2ccc([N+](=O)[O-])cc21. The van der Waals surface area contributed by atoms with E-state index >= 15 is 0 Å². The number of hydrogen-bond acceptors (Lipinski definition) is 8. The Bertz CT molecular complexity index is 1510. The highest BCUT2D eigenvalue weighted by Crippen LogP contribution is 2.25. The molecular formula is C23H24N4O7S2. The minimum Gasteiger partial charge on any atom is -0.468 e. The van der Waals surface area contributed by atoms with Crippen molar-refractivity contribution in [3.05, 3.63) is 62.9 Å². The lowest BCUT2D eigenvalue weighted by molar-refractivity contribution is -0.384. The van der Waals surface area contributed by atoms with Crippen LogP contribution in [-0.4, -0.2) is 54.3 Å². The monoisotopic (exact) mass is 532 g/mol. The first-order valence-corrected chi connectivity index (χ1v) is 13.4. The summed E-state index contributed by atoms with van der Waals surface area (Å²) in [5, 5.41) is 11.2. The summed E-state index contributed by atoms with van der Waals surface area (Å²) in [5.74, 6) is -0.977. The normalized spacial score (nSPS) is 17.3. The smallest absolute Gasteiger partial charge is 0.325 e. The van der Waals surface area contributed by atoms with Crippen molar-refractivity contribution in [2.24, 2.45) is 10.9 Å². The van der Waals surface area contributed by atoms with Gasteiger partial charge in [0.25, 0.3) is 11.6 Å². The van der Waals surface area contributed by atoms with Crippen molar-refractivity contribution in [3.63, 3.8) is 0 Å². The van der Waals surface area contributed by atoms with Gasteiger partial charge in [0.05, 0.1) is 27.1 Å². The summed E-state index contributed by atoms with van der Waals surface area (Å²) in [6.07, 6.45) is 1.79. The molecule has 1 amide bonds. The van der Waals surface area contributed by atoms with E-state index < -0.39 is 26.8 Å². The van der Waals surface area contributed by atoms with Gasteiger partial charge in [-0.05, 0) is 49.1 Å². The average Bonchev–Trinajstić information content (AvgIpc) is 3.19. The second-order valence-corrected chi connectivity index (χ2v) is 11.5. The first-order chi connectivity index (χ1) is 17.1. The Morgan fingerprint density at radius 2 is 1.94 bits per heavy atom. The number of thiazole rings is 1. The third-order valence-corrected chi connectivity index (χ3v) is 8.89. The van der Waals surface area contributed by atoms with Crippen LogP contribution in [0.5, 0.6) is 0 Å². The molecule has 1 atom stereocenters. The number of nitro benzene ring substituents is 1. The lowest BCUT2D eigenvalue weighted by Gasteiger charge is -2.30. The second kappa shape index (κ2) is 10.3. The molecule has 2 aromatic carbocycles. The quantitative estimate of drug-likeness (QED) is 0.270. The number of benzene rings is 2. The zero-order valence-electron chi connectivity index (χ0n) is 19.6. The molecule has 11 nitrogen and oxygen atoms in total. The number of carbonyl (C=O) groups is 2. The molecule has 0 N–H and O–H groups in total. The molecule has 4 rings (SSSR count). The van der Waals surface area contributed by atoms with E-state index in [1.807, 2.05) is 6.92 Å². The highest BCUT2D eigenvalue weighted by atomic mass is 32.2. The fourth-order valence-electron chi connectivity index (χ4n) is 4.04. The van der Waals surface area contributed by atoms with E-state index in [-0.39, 0.29) is 33.4 Å². The largest absolute Gasteiger partial charge is 0.468 e. The molecule has 1 unspecified atom stereocenters. The van der Waals surface area contributed by atoms with Gasteiger partial charge in [0, 0.05) is 30.8 Å². The lowest BCUT2D eigenvalue weighted by atomic mass is 10.0. The molecule has 1 saturated heterocycles. The van der Waals surface area contributed by atoms with Gasteiger partial charge in [-0.15, -0.1) is 0 Å². The van der Waals surface area contributed by atoms with Crippen molar-refractivity contribution in [1.29, 1.82) is 0 Å². The van der Waals surface area contributed by atoms with Gasteiger partial charge in [-0.3, -0.25) is 19.7 Å². The topological polar surface area (TPSA) is 141 Å². The molecule has 0 radical (unpaired) electrons. The van der Waals surface area contributed by atoms with Gasteiger partial charge < -0.3 is 9.30 Å². The molecule has 0 bridgehead atoms. The molecule has 0 aliphatic carbocycles. The van der Waals surface area contributed by atoms with Crippen LogP contribution in [0.4, 0.5) is 5.69 Å². The van der Waals surface area contributed by atoms with Gasteiger partial charge in [-0.25, -0.2) is 8.42 Å².